The fourth-order valence-electron chi connectivity index (χ4n) is 3.44. The van der Waals surface area contributed by atoms with E-state index < -0.39 is 0 Å². The quantitative estimate of drug-likeness (QED) is 0.429. The number of phenols is 2. The van der Waals surface area contributed by atoms with E-state index in [0.29, 0.717) is 5.56 Å². The van der Waals surface area contributed by atoms with E-state index in [1.807, 2.05) is 66.7 Å². The van der Waals surface area contributed by atoms with E-state index in [2.05, 4.69) is 24.3 Å². The number of rotatable bonds is 4. The molecule has 0 saturated heterocycles. The van der Waals surface area contributed by atoms with Crippen molar-refractivity contribution >= 4 is 11.1 Å². The van der Waals surface area contributed by atoms with Crippen molar-refractivity contribution in [3.63, 3.8) is 0 Å². The van der Waals surface area contributed by atoms with E-state index in [1.54, 1.807) is 12.1 Å². The Balaban J connectivity index is 2.12. The van der Waals surface area contributed by atoms with Gasteiger partial charge in [-0.3, -0.25) is 0 Å². The highest BCUT2D eigenvalue weighted by molar-refractivity contribution is 6.05. The van der Waals surface area contributed by atoms with Gasteiger partial charge in [0, 0.05) is 17.2 Å². The van der Waals surface area contributed by atoms with Crippen LogP contribution in [0.4, 0.5) is 0 Å². The Morgan fingerprint density at radius 1 is 0.464 bits per heavy atom. The van der Waals surface area contributed by atoms with Crippen LogP contribution < -0.4 is 0 Å². The molecule has 0 unspecified atom stereocenters. The van der Waals surface area contributed by atoms with Gasteiger partial charge in [-0.05, 0) is 34.4 Å². The van der Waals surface area contributed by atoms with Crippen LogP contribution in [-0.2, 0) is 0 Å². The molecule has 0 amide bonds. The standard InChI is InChI=1S/C26H20O2/c27-22-16-17-23(24(28)18-22)26(21-14-8-3-9-15-21)25(19-10-4-1-5-11-19)20-12-6-2-7-13-20/h1-18,27-28H. The van der Waals surface area contributed by atoms with Crippen molar-refractivity contribution in [2.45, 2.75) is 0 Å². The Morgan fingerprint density at radius 3 is 1.32 bits per heavy atom. The molecule has 136 valence electrons. The summed E-state index contributed by atoms with van der Waals surface area (Å²) in [5, 5.41) is 20.5. The van der Waals surface area contributed by atoms with Gasteiger partial charge in [0.2, 0.25) is 0 Å². The van der Waals surface area contributed by atoms with Crippen LogP contribution in [-0.4, -0.2) is 10.2 Å². The largest absolute Gasteiger partial charge is 0.508 e. The van der Waals surface area contributed by atoms with Crippen molar-refractivity contribution in [1.82, 2.24) is 0 Å². The third-order valence-electron chi connectivity index (χ3n) is 4.69. The minimum atomic E-state index is 0.0367. The number of benzene rings is 4. The van der Waals surface area contributed by atoms with Crippen molar-refractivity contribution in [2.24, 2.45) is 0 Å². The minimum Gasteiger partial charge on any atom is -0.508 e. The van der Waals surface area contributed by atoms with Crippen molar-refractivity contribution < 1.29 is 10.2 Å². The van der Waals surface area contributed by atoms with Gasteiger partial charge in [-0.25, -0.2) is 0 Å². The molecular formula is C26H20O2. The molecule has 0 aliphatic carbocycles. The predicted molar refractivity (Wildman–Crippen MR) is 114 cm³/mol. The van der Waals surface area contributed by atoms with E-state index in [0.717, 1.165) is 27.8 Å². The van der Waals surface area contributed by atoms with Crippen molar-refractivity contribution in [3.05, 3.63) is 131 Å². The smallest absolute Gasteiger partial charge is 0.127 e. The fraction of sp³-hybridized carbons (Fsp3) is 0. The van der Waals surface area contributed by atoms with Crippen LogP contribution in [0.15, 0.2) is 109 Å². The first kappa shape index (κ1) is 17.6. The summed E-state index contributed by atoms with van der Waals surface area (Å²) in [7, 11) is 0. The van der Waals surface area contributed by atoms with E-state index in [4.69, 9.17) is 0 Å². The zero-order valence-corrected chi connectivity index (χ0v) is 15.3. The maximum absolute atomic E-state index is 10.7. The van der Waals surface area contributed by atoms with Crippen LogP contribution in [0.25, 0.3) is 11.1 Å². The summed E-state index contributed by atoms with van der Waals surface area (Å²) in [5.41, 5.74) is 5.71. The van der Waals surface area contributed by atoms with Gasteiger partial charge < -0.3 is 10.2 Å². The van der Waals surface area contributed by atoms with E-state index in [1.165, 1.54) is 6.07 Å². The van der Waals surface area contributed by atoms with Gasteiger partial charge in [-0.15, -0.1) is 0 Å². The Morgan fingerprint density at radius 2 is 0.893 bits per heavy atom. The maximum Gasteiger partial charge on any atom is 0.127 e. The second kappa shape index (κ2) is 7.85. The molecule has 0 radical (unpaired) electrons. The molecule has 2 heteroatoms. The van der Waals surface area contributed by atoms with Crippen LogP contribution in [0.2, 0.25) is 0 Å². The lowest BCUT2D eigenvalue weighted by Crippen LogP contribution is -1.97. The second-order valence-corrected chi connectivity index (χ2v) is 6.55. The lowest BCUT2D eigenvalue weighted by atomic mass is 9.85. The van der Waals surface area contributed by atoms with Crippen LogP contribution in [0, 0.1) is 0 Å². The van der Waals surface area contributed by atoms with Crippen molar-refractivity contribution in [3.8, 4) is 11.5 Å². The SMILES string of the molecule is Oc1ccc(C(=C(c2ccccc2)c2ccccc2)c2ccccc2)c(O)c1. The summed E-state index contributed by atoms with van der Waals surface area (Å²) in [6.07, 6.45) is 0. The zero-order valence-electron chi connectivity index (χ0n) is 15.3. The third kappa shape index (κ3) is 3.53. The Labute approximate surface area is 164 Å². The highest BCUT2D eigenvalue weighted by Gasteiger charge is 2.18. The Hall–Kier alpha value is -3.78. The molecule has 0 saturated carbocycles. The number of aromatic hydroxyl groups is 2. The first-order chi connectivity index (χ1) is 13.7. The molecule has 0 aliphatic heterocycles. The van der Waals surface area contributed by atoms with Gasteiger partial charge in [0.05, 0.1) is 0 Å². The molecule has 0 heterocycles. The second-order valence-electron chi connectivity index (χ2n) is 6.55. The third-order valence-corrected chi connectivity index (χ3v) is 4.69. The predicted octanol–water partition coefficient (Wildman–Crippen LogP) is 6.11. The molecule has 28 heavy (non-hydrogen) atoms. The molecule has 0 spiro atoms. The molecular weight excluding hydrogens is 344 g/mol. The average molecular weight is 364 g/mol. The molecule has 4 rings (SSSR count). The number of hydrogen-bond acceptors (Lipinski definition) is 2. The lowest BCUT2D eigenvalue weighted by Gasteiger charge is -2.19. The van der Waals surface area contributed by atoms with E-state index in [-0.39, 0.29) is 11.5 Å². The monoisotopic (exact) mass is 364 g/mol. The van der Waals surface area contributed by atoms with Crippen LogP contribution in [0.5, 0.6) is 11.5 Å². The summed E-state index contributed by atoms with van der Waals surface area (Å²) in [6.45, 7) is 0. The zero-order chi connectivity index (χ0) is 19.3. The van der Waals surface area contributed by atoms with Crippen LogP contribution in [0.3, 0.4) is 0 Å². The number of hydrogen-bond donors (Lipinski definition) is 2. The van der Waals surface area contributed by atoms with Gasteiger partial charge in [-0.1, -0.05) is 91.0 Å². The molecule has 4 aromatic carbocycles. The van der Waals surface area contributed by atoms with Gasteiger partial charge in [0.25, 0.3) is 0 Å². The summed E-state index contributed by atoms with van der Waals surface area (Å²) in [6, 6.07) is 35.1. The molecule has 2 N–H and O–H groups in total. The summed E-state index contributed by atoms with van der Waals surface area (Å²) in [4.78, 5) is 0. The average Bonchev–Trinajstić information content (AvgIpc) is 2.74. The Bertz CT molecular complexity index is 1060. The molecule has 0 bridgehead atoms. The maximum atomic E-state index is 10.7. The highest BCUT2D eigenvalue weighted by Crippen LogP contribution is 2.40. The van der Waals surface area contributed by atoms with Gasteiger partial charge in [-0.2, -0.15) is 0 Å². The van der Waals surface area contributed by atoms with Crippen LogP contribution in [0.1, 0.15) is 22.3 Å². The molecule has 0 fully saturated rings. The molecule has 0 aliphatic rings. The molecule has 2 nitrogen and oxygen atoms in total. The topological polar surface area (TPSA) is 40.5 Å². The molecule has 0 atom stereocenters. The van der Waals surface area contributed by atoms with Crippen molar-refractivity contribution in [1.29, 1.82) is 0 Å². The Kier molecular flexibility index (Phi) is 4.94. The molecule has 4 aromatic rings. The van der Waals surface area contributed by atoms with E-state index >= 15 is 0 Å². The van der Waals surface area contributed by atoms with Gasteiger partial charge in [0.15, 0.2) is 0 Å². The summed E-state index contributed by atoms with van der Waals surface area (Å²) in [5.74, 6) is 0.0813. The summed E-state index contributed by atoms with van der Waals surface area (Å²) < 4.78 is 0. The lowest BCUT2D eigenvalue weighted by molar-refractivity contribution is 0.449. The fourth-order valence-corrected chi connectivity index (χ4v) is 3.44. The van der Waals surface area contributed by atoms with Crippen LogP contribution >= 0.6 is 0 Å². The minimum absolute atomic E-state index is 0.0367. The molecule has 0 aromatic heterocycles. The summed E-state index contributed by atoms with van der Waals surface area (Å²) >= 11 is 0. The van der Waals surface area contributed by atoms with E-state index in [9.17, 15) is 10.2 Å². The number of phenolic OH excluding ortho intramolecular Hbond substituents is 2. The first-order valence-electron chi connectivity index (χ1n) is 9.17. The van der Waals surface area contributed by atoms with Crippen molar-refractivity contribution in [2.75, 3.05) is 0 Å². The van der Waals surface area contributed by atoms with Gasteiger partial charge >= 0.3 is 0 Å². The van der Waals surface area contributed by atoms with Gasteiger partial charge in [0.1, 0.15) is 11.5 Å². The normalized spacial score (nSPS) is 10.4. The highest BCUT2D eigenvalue weighted by atomic mass is 16.3. The first-order valence-corrected chi connectivity index (χ1v) is 9.17.